The standard InChI is InChI=1S/C5H12NO.C2H5NO2/c1-6(2,3)4-5-7;3-1-2(4)5/h5H,4H2,1-3H3;1,3H2,(H,4,5)/q+1;. The third-order valence-electron chi connectivity index (χ3n) is 0.797. The summed E-state index contributed by atoms with van der Waals surface area (Å²) in [5.41, 5.74) is 4.57. The molecular weight excluding hydrogens is 160 g/mol. The average molecular weight is 177 g/mol. The maximum absolute atomic E-state index is 9.80. The molecule has 5 heteroatoms. The van der Waals surface area contributed by atoms with E-state index < -0.39 is 5.97 Å². The lowest BCUT2D eigenvalue weighted by Gasteiger charge is -2.19. The van der Waals surface area contributed by atoms with Gasteiger partial charge in [0.25, 0.3) is 0 Å². The third-order valence-corrected chi connectivity index (χ3v) is 0.797. The molecule has 0 radical (unpaired) electrons. The fraction of sp³-hybridized carbons (Fsp3) is 0.714. The number of quaternary nitrogens is 1. The van der Waals surface area contributed by atoms with Crippen molar-refractivity contribution < 1.29 is 19.2 Å². The summed E-state index contributed by atoms with van der Waals surface area (Å²) in [6, 6.07) is 0. The first kappa shape index (κ1) is 13.6. The van der Waals surface area contributed by atoms with Gasteiger partial charge in [0.2, 0.25) is 0 Å². The number of rotatable bonds is 3. The van der Waals surface area contributed by atoms with Crippen molar-refractivity contribution in [3.8, 4) is 0 Å². The van der Waals surface area contributed by atoms with Crippen LogP contribution in [0.25, 0.3) is 0 Å². The molecule has 5 nitrogen and oxygen atoms in total. The number of carbonyl (C=O) groups is 2. The van der Waals surface area contributed by atoms with Crippen LogP contribution in [0.2, 0.25) is 0 Å². The van der Waals surface area contributed by atoms with E-state index in [0.29, 0.717) is 6.54 Å². The Morgan fingerprint density at radius 3 is 1.83 bits per heavy atom. The lowest BCUT2D eigenvalue weighted by Crippen LogP contribution is -2.35. The first-order valence-corrected chi connectivity index (χ1v) is 3.49. The van der Waals surface area contributed by atoms with Crippen LogP contribution in [0.1, 0.15) is 0 Å². The van der Waals surface area contributed by atoms with E-state index in [1.807, 2.05) is 21.1 Å². The van der Waals surface area contributed by atoms with E-state index in [2.05, 4.69) is 5.73 Å². The van der Waals surface area contributed by atoms with Crippen molar-refractivity contribution in [2.24, 2.45) is 5.73 Å². The number of likely N-dealkylation sites (N-methyl/N-ethyl adjacent to an activating group) is 1. The molecule has 72 valence electrons. The number of carboxylic acid groups (broad SMARTS) is 1. The molecule has 0 saturated heterocycles. The summed E-state index contributed by atoms with van der Waals surface area (Å²) in [7, 11) is 5.94. The largest absolute Gasteiger partial charge is 0.480 e. The molecule has 0 aromatic heterocycles. The molecule has 0 aromatic rings. The molecule has 0 aliphatic heterocycles. The fourth-order valence-electron chi connectivity index (χ4n) is 0.224. The molecule has 0 bridgehead atoms. The zero-order valence-electron chi connectivity index (χ0n) is 7.78. The highest BCUT2D eigenvalue weighted by atomic mass is 16.4. The Labute approximate surface area is 72.4 Å². The maximum Gasteiger partial charge on any atom is 0.317 e. The van der Waals surface area contributed by atoms with Gasteiger partial charge >= 0.3 is 5.97 Å². The highest BCUT2D eigenvalue weighted by Crippen LogP contribution is 1.82. The number of nitrogens with zero attached hydrogens (tertiary/aromatic N) is 1. The van der Waals surface area contributed by atoms with E-state index >= 15 is 0 Å². The number of carbonyl (C=O) groups excluding carboxylic acids is 1. The second-order valence-electron chi connectivity index (χ2n) is 3.24. The summed E-state index contributed by atoms with van der Waals surface area (Å²) in [6.07, 6.45) is 0.931. The molecule has 0 rings (SSSR count). The zero-order valence-corrected chi connectivity index (χ0v) is 7.78. The topological polar surface area (TPSA) is 80.4 Å². The molecule has 0 amide bonds. The monoisotopic (exact) mass is 177 g/mol. The summed E-state index contributed by atoms with van der Waals surface area (Å²) in [4.78, 5) is 19.0. The van der Waals surface area contributed by atoms with E-state index in [0.717, 1.165) is 10.8 Å². The minimum absolute atomic E-state index is 0.278. The molecule has 0 aliphatic carbocycles. The van der Waals surface area contributed by atoms with E-state index in [1.54, 1.807) is 0 Å². The number of hydrogen-bond donors (Lipinski definition) is 2. The molecule has 0 saturated carbocycles. The van der Waals surface area contributed by atoms with Gasteiger partial charge in [-0.3, -0.25) is 9.59 Å². The highest BCUT2D eigenvalue weighted by Gasteiger charge is 2.01. The molecule has 0 aliphatic rings. The first-order valence-electron chi connectivity index (χ1n) is 3.49. The van der Waals surface area contributed by atoms with Gasteiger partial charge < -0.3 is 15.3 Å². The number of aldehydes is 1. The van der Waals surface area contributed by atoms with Crippen LogP contribution in [0.4, 0.5) is 0 Å². The fourth-order valence-corrected chi connectivity index (χ4v) is 0.224. The van der Waals surface area contributed by atoms with Gasteiger partial charge in [-0.05, 0) is 0 Å². The third kappa shape index (κ3) is 23.0. The van der Waals surface area contributed by atoms with E-state index in [-0.39, 0.29) is 6.54 Å². The summed E-state index contributed by atoms with van der Waals surface area (Å²) < 4.78 is 0.726. The van der Waals surface area contributed by atoms with Crippen LogP contribution in [0, 0.1) is 0 Å². The zero-order chi connectivity index (χ0) is 10.2. The Morgan fingerprint density at radius 1 is 1.50 bits per heavy atom. The summed E-state index contributed by atoms with van der Waals surface area (Å²) >= 11 is 0. The molecule has 0 fully saturated rings. The van der Waals surface area contributed by atoms with Crippen molar-refractivity contribution in [1.29, 1.82) is 0 Å². The van der Waals surface area contributed by atoms with Crippen molar-refractivity contribution in [1.82, 2.24) is 0 Å². The maximum atomic E-state index is 9.80. The molecular formula is C7H17N2O3+. The number of nitrogens with two attached hydrogens (primary N) is 1. The molecule has 12 heavy (non-hydrogen) atoms. The lowest BCUT2D eigenvalue weighted by atomic mass is 10.6. The second kappa shape index (κ2) is 6.75. The Hall–Kier alpha value is -0.940. The van der Waals surface area contributed by atoms with Crippen LogP contribution in [-0.2, 0) is 9.59 Å². The Kier molecular flexibility index (Phi) is 7.67. The Morgan fingerprint density at radius 2 is 1.83 bits per heavy atom. The molecule has 0 unspecified atom stereocenters. The van der Waals surface area contributed by atoms with Gasteiger partial charge in [-0.25, -0.2) is 0 Å². The van der Waals surface area contributed by atoms with Crippen molar-refractivity contribution in [2.45, 2.75) is 0 Å². The van der Waals surface area contributed by atoms with Crippen LogP contribution in [0.15, 0.2) is 0 Å². The summed E-state index contributed by atoms with van der Waals surface area (Å²) in [6.45, 7) is 0.319. The summed E-state index contributed by atoms with van der Waals surface area (Å²) in [5, 5.41) is 7.60. The smallest absolute Gasteiger partial charge is 0.317 e. The minimum Gasteiger partial charge on any atom is -0.480 e. The van der Waals surface area contributed by atoms with Crippen molar-refractivity contribution in [3.63, 3.8) is 0 Å². The quantitative estimate of drug-likeness (QED) is 0.424. The van der Waals surface area contributed by atoms with E-state index in [9.17, 15) is 9.59 Å². The summed E-state index contributed by atoms with van der Waals surface area (Å²) in [5.74, 6) is -0.968. The van der Waals surface area contributed by atoms with Gasteiger partial charge in [-0.15, -0.1) is 0 Å². The molecule has 0 heterocycles. The van der Waals surface area contributed by atoms with Gasteiger partial charge in [0, 0.05) is 0 Å². The number of carboxylic acids is 1. The van der Waals surface area contributed by atoms with Crippen LogP contribution >= 0.6 is 0 Å². The lowest BCUT2D eigenvalue weighted by molar-refractivity contribution is -0.861. The van der Waals surface area contributed by atoms with Crippen molar-refractivity contribution in [3.05, 3.63) is 0 Å². The van der Waals surface area contributed by atoms with Crippen LogP contribution < -0.4 is 5.73 Å². The van der Waals surface area contributed by atoms with Crippen LogP contribution in [0.3, 0.4) is 0 Å². The SMILES string of the molecule is C[N+](C)(C)CC=O.NCC(=O)O. The van der Waals surface area contributed by atoms with Gasteiger partial charge in [-0.1, -0.05) is 0 Å². The van der Waals surface area contributed by atoms with Crippen molar-refractivity contribution in [2.75, 3.05) is 34.2 Å². The van der Waals surface area contributed by atoms with Crippen molar-refractivity contribution >= 4 is 12.3 Å². The molecule has 3 N–H and O–H groups in total. The highest BCUT2D eigenvalue weighted by molar-refractivity contribution is 5.68. The van der Waals surface area contributed by atoms with E-state index in [1.165, 1.54) is 0 Å². The first-order chi connectivity index (χ1) is 5.33. The van der Waals surface area contributed by atoms with Gasteiger partial charge in [0.1, 0.15) is 6.54 Å². The second-order valence-corrected chi connectivity index (χ2v) is 3.24. The predicted octanol–water partition coefficient (Wildman–Crippen LogP) is -1.08. The Balaban J connectivity index is 0. The normalized spacial score (nSPS) is 9.67. The van der Waals surface area contributed by atoms with Gasteiger partial charge in [0.05, 0.1) is 27.7 Å². The van der Waals surface area contributed by atoms with Crippen LogP contribution in [0.5, 0.6) is 0 Å². The minimum atomic E-state index is -0.968. The predicted molar refractivity (Wildman–Crippen MR) is 45.7 cm³/mol. The van der Waals surface area contributed by atoms with Gasteiger partial charge in [-0.2, -0.15) is 0 Å². The van der Waals surface area contributed by atoms with E-state index in [4.69, 9.17) is 5.11 Å². The molecule has 0 aromatic carbocycles. The molecule has 0 atom stereocenters. The Bertz CT molecular complexity index is 140. The molecule has 0 spiro atoms. The average Bonchev–Trinajstić information content (AvgIpc) is 1.86. The number of hydrogen-bond acceptors (Lipinski definition) is 3. The number of aliphatic carboxylic acids is 1. The van der Waals surface area contributed by atoms with Crippen LogP contribution in [-0.4, -0.2) is 56.1 Å². The van der Waals surface area contributed by atoms with Gasteiger partial charge in [0.15, 0.2) is 6.29 Å².